The Kier molecular flexibility index (Phi) is 7.72. The van der Waals surface area contributed by atoms with E-state index in [0.29, 0.717) is 10.7 Å². The van der Waals surface area contributed by atoms with Gasteiger partial charge in [0.2, 0.25) is 0 Å². The van der Waals surface area contributed by atoms with Crippen LogP contribution in [0, 0.1) is 35.8 Å². The molecule has 0 unspecified atom stereocenters. The predicted octanol–water partition coefficient (Wildman–Crippen LogP) is 2.90. The van der Waals surface area contributed by atoms with E-state index in [9.17, 15) is 28.4 Å². The number of nitriles is 1. The minimum Gasteiger partial charge on any atom is -0.456 e. The molecule has 1 heterocycles. The SMILES string of the molecule is Cc1csc([C@@H](C#N)C(=O)COC(=O)[C@H](NC(=O)c2c(F)cccc2F)C(C)C)n1. The summed E-state index contributed by atoms with van der Waals surface area (Å²) in [5.74, 6) is -6.59. The summed E-state index contributed by atoms with van der Waals surface area (Å²) < 4.78 is 32.6. The molecular weight excluding hydrogens is 416 g/mol. The average Bonchev–Trinajstić information content (AvgIpc) is 3.10. The predicted molar refractivity (Wildman–Crippen MR) is 104 cm³/mol. The van der Waals surface area contributed by atoms with Crippen LogP contribution >= 0.6 is 11.3 Å². The molecular formula is C20H19F2N3O4S. The number of hydrogen-bond donors (Lipinski definition) is 1. The Morgan fingerprint density at radius 1 is 1.27 bits per heavy atom. The van der Waals surface area contributed by atoms with Crippen LogP contribution in [0.15, 0.2) is 23.6 Å². The van der Waals surface area contributed by atoms with E-state index < -0.39 is 59.3 Å². The lowest BCUT2D eigenvalue weighted by Crippen LogP contribution is -2.46. The highest BCUT2D eigenvalue weighted by atomic mass is 32.1. The maximum Gasteiger partial charge on any atom is 0.329 e. The first kappa shape index (κ1) is 23.1. The van der Waals surface area contributed by atoms with E-state index in [0.717, 1.165) is 29.5 Å². The molecule has 0 saturated heterocycles. The Morgan fingerprint density at radius 3 is 2.40 bits per heavy atom. The fourth-order valence-corrected chi connectivity index (χ4v) is 3.37. The van der Waals surface area contributed by atoms with E-state index in [1.54, 1.807) is 26.2 Å². The van der Waals surface area contributed by atoms with E-state index >= 15 is 0 Å². The van der Waals surface area contributed by atoms with Crippen LogP contribution in [-0.4, -0.2) is 35.3 Å². The zero-order valence-electron chi connectivity index (χ0n) is 16.4. The van der Waals surface area contributed by atoms with Crippen LogP contribution in [0.25, 0.3) is 0 Å². The summed E-state index contributed by atoms with van der Waals surface area (Å²) in [4.78, 5) is 41.1. The normalized spacial score (nSPS) is 12.7. The van der Waals surface area contributed by atoms with Gasteiger partial charge in [-0.15, -0.1) is 11.3 Å². The molecule has 1 amide bonds. The van der Waals surface area contributed by atoms with E-state index in [1.165, 1.54) is 0 Å². The molecule has 2 aromatic rings. The number of benzene rings is 1. The number of carbonyl (C=O) groups is 3. The molecule has 1 N–H and O–H groups in total. The molecule has 0 bridgehead atoms. The molecule has 0 aliphatic carbocycles. The van der Waals surface area contributed by atoms with Crippen molar-refractivity contribution in [3.8, 4) is 6.07 Å². The molecule has 10 heteroatoms. The van der Waals surface area contributed by atoms with E-state index in [2.05, 4.69) is 10.3 Å². The number of hydrogen-bond acceptors (Lipinski definition) is 7. The van der Waals surface area contributed by atoms with Crippen molar-refractivity contribution in [2.24, 2.45) is 5.92 Å². The van der Waals surface area contributed by atoms with Crippen molar-refractivity contribution >= 4 is 29.0 Å². The summed E-state index contributed by atoms with van der Waals surface area (Å²) in [6.45, 7) is 4.18. The van der Waals surface area contributed by atoms with Crippen molar-refractivity contribution < 1.29 is 27.9 Å². The van der Waals surface area contributed by atoms with Crippen LogP contribution in [0.5, 0.6) is 0 Å². The van der Waals surface area contributed by atoms with Gasteiger partial charge < -0.3 is 10.1 Å². The number of esters is 1. The van der Waals surface area contributed by atoms with E-state index in [1.807, 2.05) is 6.07 Å². The molecule has 0 aliphatic rings. The molecule has 30 heavy (non-hydrogen) atoms. The van der Waals surface area contributed by atoms with E-state index in [-0.39, 0.29) is 0 Å². The standard InChI is InChI=1S/C20H19F2N3O4S/c1-10(2)17(25-18(27)16-13(21)5-4-6-14(16)22)20(28)29-8-15(26)12(7-23)19-24-11(3)9-30-19/h4-6,9-10,12,17H,8H2,1-3H3,(H,25,27)/t12-,17+/m0/s1. The highest BCUT2D eigenvalue weighted by Crippen LogP contribution is 2.21. The van der Waals surface area contributed by atoms with Gasteiger partial charge in [-0.3, -0.25) is 9.59 Å². The van der Waals surface area contributed by atoms with Gasteiger partial charge in [-0.25, -0.2) is 18.6 Å². The van der Waals surface area contributed by atoms with Gasteiger partial charge in [0.15, 0.2) is 18.3 Å². The summed E-state index contributed by atoms with van der Waals surface area (Å²) in [6.07, 6.45) is 0. The third kappa shape index (κ3) is 5.45. The van der Waals surface area contributed by atoms with Crippen LogP contribution < -0.4 is 5.32 Å². The largest absolute Gasteiger partial charge is 0.456 e. The van der Waals surface area contributed by atoms with E-state index in [4.69, 9.17) is 4.74 Å². The number of ketones is 1. The van der Waals surface area contributed by atoms with Crippen molar-refractivity contribution in [3.05, 3.63) is 51.5 Å². The minimum absolute atomic E-state index is 0.291. The number of amides is 1. The summed E-state index contributed by atoms with van der Waals surface area (Å²) in [6, 6.07) is 3.51. The van der Waals surface area contributed by atoms with Crippen molar-refractivity contribution in [2.75, 3.05) is 6.61 Å². The Bertz CT molecular complexity index is 980. The lowest BCUT2D eigenvalue weighted by molar-refractivity contribution is -0.151. The summed E-state index contributed by atoms with van der Waals surface area (Å²) in [5.41, 5.74) is -0.168. The number of thiazole rings is 1. The molecule has 2 atom stereocenters. The topological polar surface area (TPSA) is 109 Å². The van der Waals surface area contributed by atoms with Gasteiger partial charge in [0, 0.05) is 11.1 Å². The Hall–Kier alpha value is -3.19. The summed E-state index contributed by atoms with van der Waals surface area (Å²) >= 11 is 1.14. The highest BCUT2D eigenvalue weighted by molar-refractivity contribution is 7.09. The number of nitrogens with one attached hydrogen (secondary N) is 1. The van der Waals surface area contributed by atoms with Crippen LogP contribution in [0.4, 0.5) is 8.78 Å². The summed E-state index contributed by atoms with van der Waals surface area (Å²) in [7, 11) is 0. The molecule has 0 radical (unpaired) electrons. The van der Waals surface area contributed by atoms with Crippen molar-refractivity contribution in [3.63, 3.8) is 0 Å². The van der Waals surface area contributed by atoms with Crippen LogP contribution in [0.2, 0.25) is 0 Å². The second-order valence-corrected chi connectivity index (χ2v) is 7.64. The maximum absolute atomic E-state index is 13.8. The Balaban J connectivity index is 2.06. The number of halogens is 2. The van der Waals surface area contributed by atoms with Gasteiger partial charge in [-0.2, -0.15) is 5.26 Å². The molecule has 0 fully saturated rings. The number of aromatic nitrogens is 1. The number of aryl methyl sites for hydroxylation is 1. The van der Waals surface area contributed by atoms with Gasteiger partial charge >= 0.3 is 5.97 Å². The molecule has 0 saturated carbocycles. The quantitative estimate of drug-likeness (QED) is 0.639. The number of Topliss-reactive ketones (excluding diaryl/α,β-unsaturated/α-hetero) is 1. The maximum atomic E-state index is 13.8. The molecule has 1 aromatic heterocycles. The first-order chi connectivity index (χ1) is 14.1. The third-order valence-electron chi connectivity index (χ3n) is 4.09. The first-order valence-electron chi connectivity index (χ1n) is 8.91. The second-order valence-electron chi connectivity index (χ2n) is 6.76. The smallest absolute Gasteiger partial charge is 0.329 e. The number of nitrogens with zero attached hydrogens (tertiary/aromatic N) is 2. The minimum atomic E-state index is -1.26. The Morgan fingerprint density at radius 2 is 1.90 bits per heavy atom. The number of rotatable bonds is 8. The highest BCUT2D eigenvalue weighted by Gasteiger charge is 2.30. The second kappa shape index (κ2) is 10.0. The van der Waals surface area contributed by atoms with Crippen LogP contribution in [-0.2, 0) is 14.3 Å². The number of ether oxygens (including phenoxy) is 1. The van der Waals surface area contributed by atoms with Gasteiger partial charge in [-0.05, 0) is 25.0 Å². The van der Waals surface area contributed by atoms with Crippen molar-refractivity contribution in [1.82, 2.24) is 10.3 Å². The van der Waals surface area contributed by atoms with Gasteiger partial charge in [-0.1, -0.05) is 19.9 Å². The molecule has 7 nitrogen and oxygen atoms in total. The lowest BCUT2D eigenvalue weighted by atomic mass is 10.0. The molecule has 0 spiro atoms. The zero-order valence-corrected chi connectivity index (χ0v) is 17.3. The Labute approximate surface area is 175 Å². The average molecular weight is 435 g/mol. The van der Waals surface area contributed by atoms with Crippen LogP contribution in [0.1, 0.15) is 40.8 Å². The van der Waals surface area contributed by atoms with Crippen LogP contribution in [0.3, 0.4) is 0 Å². The number of carbonyl (C=O) groups excluding carboxylic acids is 3. The van der Waals surface area contributed by atoms with Crippen molar-refractivity contribution in [1.29, 1.82) is 5.26 Å². The van der Waals surface area contributed by atoms with Gasteiger partial charge in [0.25, 0.3) is 5.91 Å². The molecule has 0 aliphatic heterocycles. The lowest BCUT2D eigenvalue weighted by Gasteiger charge is -2.21. The zero-order chi connectivity index (χ0) is 22.4. The van der Waals surface area contributed by atoms with Gasteiger partial charge in [0.1, 0.15) is 28.2 Å². The fraction of sp³-hybridized carbons (Fsp3) is 0.350. The third-order valence-corrected chi connectivity index (χ3v) is 5.12. The molecule has 1 aromatic carbocycles. The van der Waals surface area contributed by atoms with Gasteiger partial charge in [0.05, 0.1) is 6.07 Å². The molecule has 158 valence electrons. The monoisotopic (exact) mass is 435 g/mol. The van der Waals surface area contributed by atoms with Crippen molar-refractivity contribution in [2.45, 2.75) is 32.7 Å². The fourth-order valence-electron chi connectivity index (χ4n) is 2.51. The molecule has 2 rings (SSSR count). The summed E-state index contributed by atoms with van der Waals surface area (Å²) in [5, 5.41) is 13.5. The first-order valence-corrected chi connectivity index (χ1v) is 9.79.